The molecule has 144 valence electrons. The number of rotatable bonds is 10. The van der Waals surface area contributed by atoms with E-state index in [1.54, 1.807) is 0 Å². The Morgan fingerprint density at radius 2 is 1.50 bits per heavy atom. The van der Waals surface area contributed by atoms with Crippen molar-refractivity contribution in [2.24, 2.45) is 5.92 Å². The molecule has 0 aromatic rings. The quantitative estimate of drug-likeness (QED) is 0.395. The van der Waals surface area contributed by atoms with Gasteiger partial charge in [0.2, 0.25) is 0 Å². The van der Waals surface area contributed by atoms with Crippen LogP contribution in [0.5, 0.6) is 0 Å². The van der Waals surface area contributed by atoms with Crippen molar-refractivity contribution in [3.8, 4) is 0 Å². The fraction of sp³-hybridized carbons (Fsp3) is 0.440. The summed E-state index contributed by atoms with van der Waals surface area (Å²) in [4.78, 5) is 0. The maximum Gasteiger partial charge on any atom is 0.0454 e. The van der Waals surface area contributed by atoms with Crippen LogP contribution in [0.3, 0.4) is 0 Å². The zero-order valence-electron chi connectivity index (χ0n) is 18.3. The van der Waals surface area contributed by atoms with Crippen molar-refractivity contribution in [3.05, 3.63) is 82.8 Å². The highest BCUT2D eigenvalue weighted by molar-refractivity contribution is 5.51. The normalized spacial score (nSPS) is 12.9. The van der Waals surface area contributed by atoms with E-state index in [2.05, 4.69) is 84.8 Å². The molecule has 0 saturated carbocycles. The second kappa shape index (κ2) is 11.6. The summed E-state index contributed by atoms with van der Waals surface area (Å²) in [7, 11) is 0. The zero-order valence-corrected chi connectivity index (χ0v) is 18.3. The average Bonchev–Trinajstić information content (AvgIpc) is 2.60. The minimum Gasteiger partial charge on any atom is -0.355 e. The summed E-state index contributed by atoms with van der Waals surface area (Å²) in [6.45, 7) is 29.9. The highest BCUT2D eigenvalue weighted by atomic mass is 14.9. The molecule has 0 aliphatic carbocycles. The topological polar surface area (TPSA) is 12.0 Å². The second-order valence-corrected chi connectivity index (χ2v) is 7.17. The van der Waals surface area contributed by atoms with Crippen LogP contribution >= 0.6 is 0 Å². The largest absolute Gasteiger partial charge is 0.355 e. The molecule has 1 heteroatoms. The van der Waals surface area contributed by atoms with Crippen LogP contribution in [0.15, 0.2) is 82.8 Å². The van der Waals surface area contributed by atoms with Gasteiger partial charge in [-0.25, -0.2) is 0 Å². The van der Waals surface area contributed by atoms with Crippen LogP contribution in [-0.2, 0) is 0 Å². The molecule has 0 heterocycles. The lowest BCUT2D eigenvalue weighted by molar-refractivity contribution is 0.769. The molecule has 0 spiro atoms. The van der Waals surface area contributed by atoms with Gasteiger partial charge in [-0.15, -0.1) is 0 Å². The first-order valence-electron chi connectivity index (χ1n) is 9.65. The molecule has 1 nitrogen and oxygen atoms in total. The molecule has 1 N–H and O–H groups in total. The van der Waals surface area contributed by atoms with Crippen LogP contribution in [0, 0.1) is 5.92 Å². The van der Waals surface area contributed by atoms with E-state index in [-0.39, 0.29) is 0 Å². The molecule has 0 unspecified atom stereocenters. The Bertz CT molecular complexity index is 654. The minimum absolute atomic E-state index is 0.518. The number of hydrogen-bond acceptors (Lipinski definition) is 1. The lowest BCUT2D eigenvalue weighted by Gasteiger charge is -2.21. The van der Waals surface area contributed by atoms with E-state index < -0.39 is 0 Å². The molecule has 0 atom stereocenters. The SMILES string of the molecule is C=C(C)C(C(=C)N/C(=C/C=C(\C)C(C)C)C(=C)/C(C)=C/C)=C(CC)CC. The van der Waals surface area contributed by atoms with E-state index in [9.17, 15) is 0 Å². The van der Waals surface area contributed by atoms with E-state index in [0.717, 1.165) is 46.5 Å². The standard InChI is InChI=1S/C25H39N/c1-12-19(8)21(10)24(16-15-20(9)17(4)5)26-22(11)25(18(6)7)23(13-2)14-3/h12,15-17,26H,6,10-11,13-14H2,1-5,7-9H3/b19-12+,20-15+,24-16+. The van der Waals surface area contributed by atoms with Crippen LogP contribution in [-0.4, -0.2) is 0 Å². The van der Waals surface area contributed by atoms with Gasteiger partial charge in [-0.1, -0.05) is 70.7 Å². The Kier molecular flexibility index (Phi) is 10.7. The van der Waals surface area contributed by atoms with E-state index in [0.29, 0.717) is 5.92 Å². The van der Waals surface area contributed by atoms with Crippen LogP contribution in [0.25, 0.3) is 0 Å². The summed E-state index contributed by atoms with van der Waals surface area (Å²) in [6.07, 6.45) is 8.36. The molecule has 0 saturated heterocycles. The second-order valence-electron chi connectivity index (χ2n) is 7.17. The summed E-state index contributed by atoms with van der Waals surface area (Å²) in [5, 5.41) is 3.52. The Morgan fingerprint density at radius 1 is 0.962 bits per heavy atom. The predicted octanol–water partition coefficient (Wildman–Crippen LogP) is 7.79. The Hall–Kier alpha value is -2.02. The van der Waals surface area contributed by atoms with Crippen molar-refractivity contribution in [2.75, 3.05) is 0 Å². The highest BCUT2D eigenvalue weighted by Gasteiger charge is 2.12. The molecule has 0 aromatic carbocycles. The Morgan fingerprint density at radius 3 is 1.88 bits per heavy atom. The summed E-state index contributed by atoms with van der Waals surface area (Å²) in [5.74, 6) is 0.518. The van der Waals surface area contributed by atoms with Crippen molar-refractivity contribution < 1.29 is 0 Å². The first kappa shape index (κ1) is 24.0. The van der Waals surface area contributed by atoms with E-state index >= 15 is 0 Å². The van der Waals surface area contributed by atoms with Gasteiger partial charge in [0.25, 0.3) is 0 Å². The van der Waals surface area contributed by atoms with Gasteiger partial charge >= 0.3 is 0 Å². The monoisotopic (exact) mass is 353 g/mol. The fourth-order valence-electron chi connectivity index (χ4n) is 2.61. The van der Waals surface area contributed by atoms with Crippen LogP contribution in [0.1, 0.15) is 68.2 Å². The average molecular weight is 354 g/mol. The predicted molar refractivity (Wildman–Crippen MR) is 120 cm³/mol. The van der Waals surface area contributed by atoms with Gasteiger partial charge in [0.05, 0.1) is 0 Å². The van der Waals surface area contributed by atoms with Crippen molar-refractivity contribution in [2.45, 2.75) is 68.2 Å². The van der Waals surface area contributed by atoms with Crippen LogP contribution in [0.2, 0.25) is 0 Å². The first-order valence-corrected chi connectivity index (χ1v) is 9.65. The molecule has 0 aliphatic rings. The Balaban J connectivity index is 6.03. The highest BCUT2D eigenvalue weighted by Crippen LogP contribution is 2.26. The summed E-state index contributed by atoms with van der Waals surface area (Å²) < 4.78 is 0. The fourth-order valence-corrected chi connectivity index (χ4v) is 2.61. The van der Waals surface area contributed by atoms with Gasteiger partial charge in [0, 0.05) is 11.4 Å². The first-order chi connectivity index (χ1) is 12.1. The number of hydrogen-bond donors (Lipinski definition) is 1. The lowest BCUT2D eigenvalue weighted by Crippen LogP contribution is -2.17. The van der Waals surface area contributed by atoms with Gasteiger partial charge < -0.3 is 5.32 Å². The number of nitrogens with one attached hydrogen (secondary N) is 1. The van der Waals surface area contributed by atoms with Gasteiger partial charge in [-0.3, -0.25) is 0 Å². The lowest BCUT2D eigenvalue weighted by atomic mass is 9.95. The maximum absolute atomic E-state index is 4.31. The zero-order chi connectivity index (χ0) is 20.4. The van der Waals surface area contributed by atoms with Crippen LogP contribution in [0.4, 0.5) is 0 Å². The molecular weight excluding hydrogens is 314 g/mol. The third kappa shape index (κ3) is 7.07. The van der Waals surface area contributed by atoms with Gasteiger partial charge in [0.1, 0.15) is 0 Å². The molecule has 26 heavy (non-hydrogen) atoms. The van der Waals surface area contributed by atoms with Gasteiger partial charge in [-0.2, -0.15) is 0 Å². The van der Waals surface area contributed by atoms with E-state index in [1.807, 2.05) is 13.8 Å². The number of allylic oxidation sites excluding steroid dienone is 7. The molecule has 0 bridgehead atoms. The van der Waals surface area contributed by atoms with Crippen LogP contribution < -0.4 is 5.32 Å². The minimum atomic E-state index is 0.518. The smallest absolute Gasteiger partial charge is 0.0454 e. The third-order valence-electron chi connectivity index (χ3n) is 4.88. The molecule has 0 amide bonds. The van der Waals surface area contributed by atoms with Gasteiger partial charge in [0.15, 0.2) is 0 Å². The maximum atomic E-state index is 4.31. The van der Waals surface area contributed by atoms with Gasteiger partial charge in [-0.05, 0) is 74.8 Å². The molecule has 0 rings (SSSR count). The Labute approximate surface area is 162 Å². The molecule has 0 fully saturated rings. The molecule has 0 aromatic heterocycles. The summed E-state index contributed by atoms with van der Waals surface area (Å²) >= 11 is 0. The van der Waals surface area contributed by atoms with Crippen molar-refractivity contribution >= 4 is 0 Å². The van der Waals surface area contributed by atoms with E-state index in [1.165, 1.54) is 11.1 Å². The summed E-state index contributed by atoms with van der Waals surface area (Å²) in [5.41, 5.74) is 8.91. The van der Waals surface area contributed by atoms with Crippen molar-refractivity contribution in [3.63, 3.8) is 0 Å². The summed E-state index contributed by atoms with van der Waals surface area (Å²) in [6, 6.07) is 0. The van der Waals surface area contributed by atoms with Crippen molar-refractivity contribution in [1.29, 1.82) is 0 Å². The third-order valence-corrected chi connectivity index (χ3v) is 4.88. The van der Waals surface area contributed by atoms with E-state index in [4.69, 9.17) is 0 Å². The van der Waals surface area contributed by atoms with Crippen molar-refractivity contribution in [1.82, 2.24) is 5.32 Å². The molecule has 0 aliphatic heterocycles. The molecular formula is C25H39N. The molecule has 0 radical (unpaired) electrons.